The second-order valence-electron chi connectivity index (χ2n) is 5.10. The molecule has 6 heteroatoms. The molecule has 0 aromatic rings. The van der Waals surface area contributed by atoms with Gasteiger partial charge in [-0.1, -0.05) is 0 Å². The summed E-state index contributed by atoms with van der Waals surface area (Å²) in [5.74, 6) is 0. The van der Waals surface area contributed by atoms with Gasteiger partial charge in [-0.25, -0.2) is 4.79 Å². The average molecular weight is 261 g/mol. The van der Waals surface area contributed by atoms with Gasteiger partial charge in [-0.15, -0.1) is 0 Å². The first-order valence-corrected chi connectivity index (χ1v) is 6.28. The van der Waals surface area contributed by atoms with E-state index in [0.717, 1.165) is 13.0 Å². The van der Waals surface area contributed by atoms with E-state index in [1.807, 2.05) is 20.8 Å². The Bertz CT molecular complexity index is 229. The van der Waals surface area contributed by atoms with Crippen LogP contribution in [0.1, 0.15) is 27.2 Å². The Kier molecular flexibility index (Phi) is 8.70. The number of methoxy groups -OCH3 is 1. The highest BCUT2D eigenvalue weighted by molar-refractivity contribution is 5.67. The first-order valence-electron chi connectivity index (χ1n) is 6.28. The van der Waals surface area contributed by atoms with Crippen molar-refractivity contribution in [2.24, 2.45) is 5.73 Å². The van der Waals surface area contributed by atoms with Crippen molar-refractivity contribution in [2.75, 3.05) is 33.4 Å². The van der Waals surface area contributed by atoms with E-state index in [4.69, 9.17) is 15.2 Å². The normalized spacial score (nSPS) is 13.2. The van der Waals surface area contributed by atoms with Crippen LogP contribution in [0.15, 0.2) is 0 Å². The minimum atomic E-state index is -0.464. The van der Waals surface area contributed by atoms with Gasteiger partial charge in [0, 0.05) is 32.8 Å². The molecule has 0 saturated heterocycles. The fourth-order valence-corrected chi connectivity index (χ4v) is 1.33. The zero-order valence-electron chi connectivity index (χ0n) is 11.9. The number of nitrogens with two attached hydrogens (primary N) is 1. The number of hydrogen-bond acceptors (Lipinski definition) is 5. The predicted octanol–water partition coefficient (Wildman–Crippen LogP) is 0.465. The van der Waals surface area contributed by atoms with E-state index in [1.165, 1.54) is 0 Å². The van der Waals surface area contributed by atoms with Gasteiger partial charge in [0.15, 0.2) is 0 Å². The molecule has 0 aliphatic carbocycles. The third kappa shape index (κ3) is 10.3. The van der Waals surface area contributed by atoms with Crippen molar-refractivity contribution in [2.45, 2.75) is 38.8 Å². The molecule has 0 spiro atoms. The lowest BCUT2D eigenvalue weighted by Crippen LogP contribution is -2.41. The lowest BCUT2D eigenvalue weighted by atomic mass is 10.2. The van der Waals surface area contributed by atoms with Crippen LogP contribution in [0.4, 0.5) is 4.79 Å². The molecule has 1 unspecified atom stereocenters. The molecule has 1 atom stereocenters. The second-order valence-corrected chi connectivity index (χ2v) is 5.10. The van der Waals surface area contributed by atoms with Gasteiger partial charge in [0.25, 0.3) is 0 Å². The SMILES string of the molecule is COCCNC(CN)CCNC(=O)OC(C)(C)C. The van der Waals surface area contributed by atoms with Crippen molar-refractivity contribution in [3.63, 3.8) is 0 Å². The van der Waals surface area contributed by atoms with E-state index >= 15 is 0 Å². The Morgan fingerprint density at radius 1 is 1.33 bits per heavy atom. The van der Waals surface area contributed by atoms with Gasteiger partial charge in [-0.05, 0) is 27.2 Å². The molecule has 108 valence electrons. The van der Waals surface area contributed by atoms with Gasteiger partial charge in [-0.2, -0.15) is 0 Å². The number of rotatable bonds is 8. The molecule has 0 saturated carbocycles. The summed E-state index contributed by atoms with van der Waals surface area (Å²) in [5, 5.41) is 5.96. The predicted molar refractivity (Wildman–Crippen MR) is 71.6 cm³/mol. The van der Waals surface area contributed by atoms with E-state index in [-0.39, 0.29) is 6.04 Å². The molecule has 1 amide bonds. The van der Waals surface area contributed by atoms with Crippen molar-refractivity contribution in [3.05, 3.63) is 0 Å². The fourth-order valence-electron chi connectivity index (χ4n) is 1.33. The van der Waals surface area contributed by atoms with E-state index in [9.17, 15) is 4.79 Å². The lowest BCUT2D eigenvalue weighted by molar-refractivity contribution is 0.0526. The van der Waals surface area contributed by atoms with Crippen molar-refractivity contribution in [1.82, 2.24) is 10.6 Å². The van der Waals surface area contributed by atoms with Crippen LogP contribution in [0.5, 0.6) is 0 Å². The highest BCUT2D eigenvalue weighted by Crippen LogP contribution is 2.06. The minimum absolute atomic E-state index is 0.176. The van der Waals surface area contributed by atoms with Gasteiger partial charge in [0.05, 0.1) is 6.61 Å². The first-order chi connectivity index (χ1) is 8.39. The van der Waals surface area contributed by atoms with Crippen LogP contribution in [0, 0.1) is 0 Å². The van der Waals surface area contributed by atoms with Crippen LogP contribution in [0.2, 0.25) is 0 Å². The van der Waals surface area contributed by atoms with E-state index in [1.54, 1.807) is 7.11 Å². The van der Waals surface area contributed by atoms with Gasteiger partial charge < -0.3 is 25.8 Å². The van der Waals surface area contributed by atoms with E-state index in [2.05, 4.69) is 10.6 Å². The molecule has 0 bridgehead atoms. The molecule has 4 N–H and O–H groups in total. The molecule has 0 fully saturated rings. The molecule has 0 aromatic carbocycles. The Morgan fingerprint density at radius 2 is 2.00 bits per heavy atom. The molecule has 0 heterocycles. The number of alkyl carbamates (subject to hydrolysis) is 1. The maximum absolute atomic E-state index is 11.4. The van der Waals surface area contributed by atoms with Crippen LogP contribution in [0.25, 0.3) is 0 Å². The number of nitrogens with one attached hydrogen (secondary N) is 2. The highest BCUT2D eigenvalue weighted by atomic mass is 16.6. The van der Waals surface area contributed by atoms with Gasteiger partial charge >= 0.3 is 6.09 Å². The number of hydrogen-bond donors (Lipinski definition) is 3. The summed E-state index contributed by atoms with van der Waals surface area (Å²) in [5.41, 5.74) is 5.16. The maximum Gasteiger partial charge on any atom is 0.407 e. The third-order valence-electron chi connectivity index (χ3n) is 2.18. The summed E-state index contributed by atoms with van der Waals surface area (Å²) in [6, 6.07) is 0.176. The molecule has 0 aliphatic rings. The second kappa shape index (κ2) is 9.13. The van der Waals surface area contributed by atoms with E-state index < -0.39 is 11.7 Å². The van der Waals surface area contributed by atoms with Crippen LogP contribution >= 0.6 is 0 Å². The van der Waals surface area contributed by atoms with Crippen LogP contribution in [-0.4, -0.2) is 51.1 Å². The Hall–Kier alpha value is -0.850. The monoisotopic (exact) mass is 261 g/mol. The van der Waals surface area contributed by atoms with Gasteiger partial charge in [0.2, 0.25) is 0 Å². The number of carbonyl (C=O) groups excluding carboxylic acids is 1. The van der Waals surface area contributed by atoms with E-state index in [0.29, 0.717) is 19.7 Å². The summed E-state index contributed by atoms with van der Waals surface area (Å²) in [6.45, 7) is 7.97. The van der Waals surface area contributed by atoms with Crippen molar-refractivity contribution >= 4 is 6.09 Å². The van der Waals surface area contributed by atoms with Gasteiger partial charge in [-0.3, -0.25) is 0 Å². The van der Waals surface area contributed by atoms with Crippen LogP contribution in [0.3, 0.4) is 0 Å². The Balaban J connectivity index is 3.69. The molecule has 0 radical (unpaired) electrons. The zero-order valence-corrected chi connectivity index (χ0v) is 11.9. The highest BCUT2D eigenvalue weighted by Gasteiger charge is 2.15. The maximum atomic E-state index is 11.4. The standard InChI is InChI=1S/C12H27N3O3/c1-12(2,3)18-11(16)15-6-5-10(9-13)14-7-8-17-4/h10,14H,5-9,13H2,1-4H3,(H,15,16). The third-order valence-corrected chi connectivity index (χ3v) is 2.18. The molecule has 6 nitrogen and oxygen atoms in total. The zero-order chi connectivity index (χ0) is 14.0. The van der Waals surface area contributed by atoms with Crippen LogP contribution in [-0.2, 0) is 9.47 Å². The Labute approximate surface area is 110 Å². The number of carbonyl (C=O) groups is 1. The number of ether oxygens (including phenoxy) is 2. The molecule has 0 aliphatic heterocycles. The topological polar surface area (TPSA) is 85.6 Å². The van der Waals surface area contributed by atoms with Gasteiger partial charge in [0.1, 0.15) is 5.60 Å². The molecule has 18 heavy (non-hydrogen) atoms. The Morgan fingerprint density at radius 3 is 2.50 bits per heavy atom. The summed E-state index contributed by atoms with van der Waals surface area (Å²) >= 11 is 0. The quantitative estimate of drug-likeness (QED) is 0.553. The lowest BCUT2D eigenvalue weighted by Gasteiger charge is -2.21. The molecular formula is C12H27N3O3. The van der Waals surface area contributed by atoms with Crippen LogP contribution < -0.4 is 16.4 Å². The molecule has 0 aromatic heterocycles. The summed E-state index contributed by atoms with van der Waals surface area (Å²) in [4.78, 5) is 11.4. The first kappa shape index (κ1) is 17.2. The summed E-state index contributed by atoms with van der Waals surface area (Å²) < 4.78 is 10.1. The average Bonchev–Trinajstić information content (AvgIpc) is 2.24. The minimum Gasteiger partial charge on any atom is -0.444 e. The molecule has 0 rings (SSSR count). The number of amides is 1. The van der Waals surface area contributed by atoms with Crippen molar-refractivity contribution < 1.29 is 14.3 Å². The smallest absolute Gasteiger partial charge is 0.407 e. The molecular weight excluding hydrogens is 234 g/mol. The van der Waals surface area contributed by atoms with Crippen molar-refractivity contribution in [3.8, 4) is 0 Å². The summed E-state index contributed by atoms with van der Waals surface area (Å²) in [7, 11) is 1.66. The summed E-state index contributed by atoms with van der Waals surface area (Å²) in [6.07, 6.45) is 0.370. The largest absolute Gasteiger partial charge is 0.444 e. The van der Waals surface area contributed by atoms with Crippen molar-refractivity contribution in [1.29, 1.82) is 0 Å². The fraction of sp³-hybridized carbons (Fsp3) is 0.917.